The Kier molecular flexibility index (Phi) is 4.71. The number of halogens is 1. The van der Waals surface area contributed by atoms with E-state index in [9.17, 15) is 9.18 Å². The molecular formula is C15H16FN3O2. The van der Waals surface area contributed by atoms with Crippen molar-refractivity contribution >= 4 is 17.3 Å². The Bertz CT molecular complexity index is 629. The van der Waals surface area contributed by atoms with Gasteiger partial charge in [0, 0.05) is 11.8 Å². The highest BCUT2D eigenvalue weighted by molar-refractivity contribution is 5.93. The van der Waals surface area contributed by atoms with E-state index in [1.165, 1.54) is 24.4 Å². The van der Waals surface area contributed by atoms with Gasteiger partial charge in [-0.05, 0) is 31.2 Å². The van der Waals surface area contributed by atoms with Crippen LogP contribution in [-0.2, 0) is 11.2 Å². The summed E-state index contributed by atoms with van der Waals surface area (Å²) in [4.78, 5) is 16.0. The Balaban J connectivity index is 2.07. The van der Waals surface area contributed by atoms with Crippen LogP contribution < -0.4 is 15.8 Å². The van der Waals surface area contributed by atoms with E-state index in [1.54, 1.807) is 19.1 Å². The molecule has 1 aromatic carbocycles. The fourth-order valence-corrected chi connectivity index (χ4v) is 1.77. The molecule has 0 fully saturated rings. The zero-order valence-electron chi connectivity index (χ0n) is 11.6. The van der Waals surface area contributed by atoms with Crippen LogP contribution in [0.5, 0.6) is 5.75 Å². The van der Waals surface area contributed by atoms with Crippen LogP contribution in [0.25, 0.3) is 0 Å². The number of hydrogen-bond acceptors (Lipinski definition) is 4. The first-order valence-electron chi connectivity index (χ1n) is 6.51. The van der Waals surface area contributed by atoms with Crippen LogP contribution >= 0.6 is 0 Å². The van der Waals surface area contributed by atoms with Gasteiger partial charge in [0.15, 0.2) is 0 Å². The molecular weight excluding hydrogens is 273 g/mol. The summed E-state index contributed by atoms with van der Waals surface area (Å²) in [6.45, 7) is 2.17. The first kappa shape index (κ1) is 14.8. The van der Waals surface area contributed by atoms with Crippen LogP contribution in [0.1, 0.15) is 12.6 Å². The largest absolute Gasteiger partial charge is 0.492 e. The molecule has 2 aromatic rings. The van der Waals surface area contributed by atoms with Gasteiger partial charge in [-0.2, -0.15) is 0 Å². The van der Waals surface area contributed by atoms with Gasteiger partial charge < -0.3 is 15.8 Å². The van der Waals surface area contributed by atoms with E-state index in [4.69, 9.17) is 10.5 Å². The number of nitrogens with two attached hydrogens (primary N) is 1. The molecule has 1 heterocycles. The summed E-state index contributed by atoms with van der Waals surface area (Å²) in [7, 11) is 0. The van der Waals surface area contributed by atoms with Crippen molar-refractivity contribution in [3.05, 3.63) is 48.0 Å². The maximum atomic E-state index is 13.2. The molecule has 0 aliphatic heterocycles. The van der Waals surface area contributed by atoms with Gasteiger partial charge in [0.05, 0.1) is 30.6 Å². The predicted octanol–water partition coefficient (Wildman–Crippen LogP) is 2.38. The van der Waals surface area contributed by atoms with E-state index >= 15 is 0 Å². The number of nitrogens with one attached hydrogen (secondary N) is 1. The molecule has 1 amide bonds. The molecule has 0 radical (unpaired) electrons. The first-order chi connectivity index (χ1) is 10.1. The monoisotopic (exact) mass is 289 g/mol. The summed E-state index contributed by atoms with van der Waals surface area (Å²) in [5, 5.41) is 2.68. The van der Waals surface area contributed by atoms with Gasteiger partial charge >= 0.3 is 0 Å². The van der Waals surface area contributed by atoms with Gasteiger partial charge in [0.2, 0.25) is 5.91 Å². The molecule has 0 spiro atoms. The van der Waals surface area contributed by atoms with E-state index in [1.807, 2.05) is 0 Å². The topological polar surface area (TPSA) is 77.2 Å². The summed E-state index contributed by atoms with van der Waals surface area (Å²) in [5.41, 5.74) is 7.10. The highest BCUT2D eigenvalue weighted by Gasteiger charge is 2.10. The number of amides is 1. The van der Waals surface area contributed by atoms with Crippen molar-refractivity contribution in [3.8, 4) is 5.75 Å². The van der Waals surface area contributed by atoms with Gasteiger partial charge in [-0.1, -0.05) is 0 Å². The zero-order valence-corrected chi connectivity index (χ0v) is 11.6. The minimum absolute atomic E-state index is 0.100. The van der Waals surface area contributed by atoms with E-state index in [-0.39, 0.29) is 12.3 Å². The maximum Gasteiger partial charge on any atom is 0.230 e. The molecule has 110 valence electrons. The third-order valence-corrected chi connectivity index (χ3v) is 2.71. The first-order valence-corrected chi connectivity index (χ1v) is 6.51. The number of ether oxygens (including phenoxy) is 1. The number of pyridine rings is 1. The average molecular weight is 289 g/mol. The second-order valence-corrected chi connectivity index (χ2v) is 4.38. The normalized spacial score (nSPS) is 10.2. The number of anilines is 2. The van der Waals surface area contributed by atoms with E-state index < -0.39 is 5.82 Å². The summed E-state index contributed by atoms with van der Waals surface area (Å²) in [6.07, 6.45) is 1.59. The van der Waals surface area contributed by atoms with Gasteiger partial charge in [0.1, 0.15) is 11.6 Å². The van der Waals surface area contributed by atoms with Crippen molar-refractivity contribution in [2.24, 2.45) is 0 Å². The van der Waals surface area contributed by atoms with Crippen molar-refractivity contribution in [1.29, 1.82) is 0 Å². The minimum atomic E-state index is -0.420. The highest BCUT2D eigenvalue weighted by Crippen LogP contribution is 2.25. The molecule has 0 unspecified atom stereocenters. The van der Waals surface area contributed by atoms with E-state index in [0.29, 0.717) is 29.4 Å². The molecule has 0 saturated carbocycles. The Labute approximate surface area is 121 Å². The van der Waals surface area contributed by atoms with Gasteiger partial charge in [-0.3, -0.25) is 9.78 Å². The van der Waals surface area contributed by atoms with Crippen molar-refractivity contribution in [3.63, 3.8) is 0 Å². The third kappa shape index (κ3) is 4.17. The standard InChI is InChI=1S/C15H16FN3O2/c1-2-21-14-7-10(16)3-6-13(14)19-15(20)8-12-5-4-11(17)9-18-12/h3-7,9H,2,8,17H2,1H3,(H,19,20). The minimum Gasteiger partial charge on any atom is -0.492 e. The molecule has 0 aliphatic rings. The lowest BCUT2D eigenvalue weighted by atomic mass is 10.2. The Morgan fingerprint density at radius 1 is 1.38 bits per heavy atom. The van der Waals surface area contributed by atoms with E-state index in [0.717, 1.165) is 0 Å². The summed E-state index contributed by atoms with van der Waals surface area (Å²) >= 11 is 0. The molecule has 0 saturated heterocycles. The molecule has 1 aromatic heterocycles. The van der Waals surface area contributed by atoms with Crippen molar-refractivity contribution in [2.75, 3.05) is 17.7 Å². The van der Waals surface area contributed by atoms with E-state index in [2.05, 4.69) is 10.3 Å². The van der Waals surface area contributed by atoms with Crippen LogP contribution in [0.3, 0.4) is 0 Å². The molecule has 5 nitrogen and oxygen atoms in total. The van der Waals surface area contributed by atoms with Crippen molar-refractivity contribution < 1.29 is 13.9 Å². The molecule has 0 atom stereocenters. The quantitative estimate of drug-likeness (QED) is 0.886. The van der Waals surface area contributed by atoms with Crippen LogP contribution in [0, 0.1) is 5.82 Å². The maximum absolute atomic E-state index is 13.2. The van der Waals surface area contributed by atoms with Crippen LogP contribution in [0.2, 0.25) is 0 Å². The van der Waals surface area contributed by atoms with Crippen LogP contribution in [0.4, 0.5) is 15.8 Å². The smallest absolute Gasteiger partial charge is 0.230 e. The number of nitrogens with zero attached hydrogens (tertiary/aromatic N) is 1. The summed E-state index contributed by atoms with van der Waals surface area (Å²) < 4.78 is 18.5. The number of rotatable bonds is 5. The molecule has 2 rings (SSSR count). The van der Waals surface area contributed by atoms with Gasteiger partial charge in [0.25, 0.3) is 0 Å². The molecule has 3 N–H and O–H groups in total. The number of hydrogen-bond donors (Lipinski definition) is 2. The third-order valence-electron chi connectivity index (χ3n) is 2.71. The second-order valence-electron chi connectivity index (χ2n) is 4.38. The van der Waals surface area contributed by atoms with Crippen molar-refractivity contribution in [1.82, 2.24) is 4.98 Å². The molecule has 21 heavy (non-hydrogen) atoms. The number of nitrogen functional groups attached to an aromatic ring is 1. The summed E-state index contributed by atoms with van der Waals surface area (Å²) in [6, 6.07) is 7.33. The Morgan fingerprint density at radius 2 is 2.19 bits per heavy atom. The number of aromatic nitrogens is 1. The van der Waals surface area contributed by atoms with Gasteiger partial charge in [-0.15, -0.1) is 0 Å². The van der Waals surface area contributed by atoms with Gasteiger partial charge in [-0.25, -0.2) is 4.39 Å². The summed E-state index contributed by atoms with van der Waals surface area (Å²) in [5.74, 6) is -0.382. The second kappa shape index (κ2) is 6.69. The lowest BCUT2D eigenvalue weighted by Gasteiger charge is -2.11. The number of carbonyl (C=O) groups is 1. The van der Waals surface area contributed by atoms with Crippen molar-refractivity contribution in [2.45, 2.75) is 13.3 Å². The zero-order chi connectivity index (χ0) is 15.2. The highest BCUT2D eigenvalue weighted by atomic mass is 19.1. The SMILES string of the molecule is CCOc1cc(F)ccc1NC(=O)Cc1ccc(N)cn1. The lowest BCUT2D eigenvalue weighted by molar-refractivity contribution is -0.115. The number of carbonyl (C=O) groups excluding carboxylic acids is 1. The van der Waals surface area contributed by atoms with Crippen LogP contribution in [-0.4, -0.2) is 17.5 Å². The molecule has 6 heteroatoms. The van der Waals surface area contributed by atoms with Crippen LogP contribution in [0.15, 0.2) is 36.5 Å². The molecule has 0 bridgehead atoms. The average Bonchev–Trinajstić information content (AvgIpc) is 2.45. The predicted molar refractivity (Wildman–Crippen MR) is 78.6 cm³/mol. The Morgan fingerprint density at radius 3 is 2.86 bits per heavy atom. The molecule has 0 aliphatic carbocycles. The Hall–Kier alpha value is -2.63. The fraction of sp³-hybridized carbons (Fsp3) is 0.200. The fourth-order valence-electron chi connectivity index (χ4n) is 1.77. The lowest BCUT2D eigenvalue weighted by Crippen LogP contribution is -2.16. The number of benzene rings is 1.